The van der Waals surface area contributed by atoms with Gasteiger partial charge in [-0.25, -0.2) is 0 Å². The van der Waals surface area contributed by atoms with Crippen molar-refractivity contribution < 1.29 is 27.6 Å². The van der Waals surface area contributed by atoms with Crippen LogP contribution in [0, 0.1) is 11.3 Å². The number of aromatic nitrogens is 2. The lowest BCUT2D eigenvalue weighted by Gasteiger charge is -2.37. The van der Waals surface area contributed by atoms with Crippen LogP contribution in [0.1, 0.15) is 117 Å². The molecule has 1 unspecified atom stereocenters. The summed E-state index contributed by atoms with van der Waals surface area (Å²) in [5.41, 5.74) is 1.89. The van der Waals surface area contributed by atoms with Gasteiger partial charge in [0.05, 0.1) is 6.54 Å². The quantitative estimate of drug-likeness (QED) is 0.336. The van der Waals surface area contributed by atoms with Crippen molar-refractivity contribution in [1.29, 1.82) is 0 Å². The number of nitrogens with zero attached hydrogens (tertiary/aromatic N) is 4. The number of nitrogens with one attached hydrogen (secondary N) is 2. The molecular weight excluding hydrogens is 645 g/mol. The van der Waals surface area contributed by atoms with Gasteiger partial charge >= 0.3 is 6.18 Å². The van der Waals surface area contributed by atoms with E-state index in [9.17, 15) is 27.6 Å². The molecule has 1 atom stereocenters. The van der Waals surface area contributed by atoms with Crippen LogP contribution in [0.2, 0.25) is 0 Å². The molecule has 2 saturated heterocycles. The molecule has 2 aliphatic rings. The van der Waals surface area contributed by atoms with Crippen LogP contribution in [-0.4, -0.2) is 83.3 Å². The third-order valence-electron chi connectivity index (χ3n) is 8.36. The maximum Gasteiger partial charge on any atom is 0.433 e. The first kappa shape index (κ1) is 44.5. The Morgan fingerprint density at radius 1 is 0.780 bits per heavy atom. The zero-order valence-electron chi connectivity index (χ0n) is 32.7. The lowest BCUT2D eigenvalue weighted by molar-refractivity contribution is -0.141. The van der Waals surface area contributed by atoms with Crippen LogP contribution < -0.4 is 10.6 Å². The third-order valence-corrected chi connectivity index (χ3v) is 8.36. The van der Waals surface area contributed by atoms with Crippen molar-refractivity contribution in [3.05, 3.63) is 59.2 Å². The van der Waals surface area contributed by atoms with Gasteiger partial charge in [0.15, 0.2) is 0 Å². The molecule has 2 aromatic rings. The Balaban J connectivity index is 0.000000337. The highest BCUT2D eigenvalue weighted by atomic mass is 19.4. The first-order chi connectivity index (χ1) is 22.5. The molecule has 2 fully saturated rings. The van der Waals surface area contributed by atoms with Gasteiger partial charge in [0.2, 0.25) is 11.8 Å². The minimum atomic E-state index is -4.35. The van der Waals surface area contributed by atoms with Gasteiger partial charge in [-0.05, 0) is 66.2 Å². The van der Waals surface area contributed by atoms with Crippen LogP contribution in [0.4, 0.5) is 13.2 Å². The molecule has 12 heteroatoms. The number of carbonyl (C=O) groups excluding carboxylic acids is 3. The van der Waals surface area contributed by atoms with Crippen molar-refractivity contribution in [3.8, 4) is 0 Å². The number of rotatable bonds is 1. The summed E-state index contributed by atoms with van der Waals surface area (Å²) in [6, 6.07) is 6.23. The molecule has 4 rings (SSSR count). The minimum absolute atomic E-state index is 0.0598. The Morgan fingerprint density at radius 3 is 1.58 bits per heavy atom. The summed E-state index contributed by atoms with van der Waals surface area (Å²) in [5.74, 6) is 0.821. The first-order valence-corrected chi connectivity index (χ1v) is 17.0. The first-order valence-electron chi connectivity index (χ1n) is 17.0. The van der Waals surface area contributed by atoms with E-state index in [-0.39, 0.29) is 39.5 Å². The second-order valence-corrected chi connectivity index (χ2v) is 17.1. The Bertz CT molecular complexity index is 1350. The molecule has 2 aliphatic heterocycles. The monoisotopic (exact) mass is 706 g/mol. The van der Waals surface area contributed by atoms with Gasteiger partial charge in [-0.1, -0.05) is 74.4 Å². The fraction of sp³-hybridized carbons (Fsp3) is 0.658. The lowest BCUT2D eigenvalue weighted by atomic mass is 9.80. The van der Waals surface area contributed by atoms with E-state index in [1.54, 1.807) is 26.4 Å². The Hall–Kier alpha value is -3.54. The van der Waals surface area contributed by atoms with Crippen molar-refractivity contribution in [1.82, 2.24) is 30.4 Å². The van der Waals surface area contributed by atoms with E-state index in [0.717, 1.165) is 36.8 Å². The van der Waals surface area contributed by atoms with Crippen molar-refractivity contribution in [2.45, 2.75) is 112 Å². The number of amides is 3. The molecule has 3 amide bonds. The highest BCUT2D eigenvalue weighted by Crippen LogP contribution is 2.31. The molecule has 0 aromatic carbocycles. The molecule has 4 heterocycles. The molecule has 0 bridgehead atoms. The average Bonchev–Trinajstić information content (AvgIpc) is 3.43. The van der Waals surface area contributed by atoms with E-state index in [2.05, 4.69) is 87.8 Å². The average molecular weight is 707 g/mol. The lowest BCUT2D eigenvalue weighted by Crippen LogP contribution is -2.54. The summed E-state index contributed by atoms with van der Waals surface area (Å²) in [4.78, 5) is 44.6. The zero-order chi connectivity index (χ0) is 38.9. The summed E-state index contributed by atoms with van der Waals surface area (Å²) in [6.45, 7) is 28.2. The van der Waals surface area contributed by atoms with Gasteiger partial charge in [0, 0.05) is 58.1 Å². The van der Waals surface area contributed by atoms with E-state index in [0.29, 0.717) is 24.6 Å². The molecule has 9 nitrogen and oxygen atoms in total. The van der Waals surface area contributed by atoms with Crippen LogP contribution in [-0.2, 0) is 26.6 Å². The number of alkyl halides is 3. The molecule has 2 aromatic heterocycles. The fourth-order valence-corrected chi connectivity index (χ4v) is 4.63. The largest absolute Gasteiger partial charge is 0.433 e. The predicted octanol–water partition coefficient (Wildman–Crippen LogP) is 6.86. The number of piperazine rings is 1. The minimum Gasteiger partial charge on any atom is -0.356 e. The number of hydrogen-bond donors (Lipinski definition) is 2. The fourth-order valence-electron chi connectivity index (χ4n) is 4.63. The highest BCUT2D eigenvalue weighted by Gasteiger charge is 2.33. The van der Waals surface area contributed by atoms with Gasteiger partial charge < -0.3 is 15.5 Å². The Labute approximate surface area is 298 Å². The SMILES string of the molecule is CC(C)(C)C1CNC(=O)C1.CC(C)(C)N1CCNC(=O)C1.CC(C)(C)c1ccc(C(F)(F)F)nc1.CN(C)C(=O)c1ccc(C(C)(C)C)cn1. The van der Waals surface area contributed by atoms with Gasteiger partial charge in [0.1, 0.15) is 11.4 Å². The smallest absolute Gasteiger partial charge is 0.356 e. The third kappa shape index (κ3) is 15.6. The maximum absolute atomic E-state index is 12.2. The van der Waals surface area contributed by atoms with Crippen molar-refractivity contribution in [2.24, 2.45) is 11.3 Å². The number of pyridine rings is 2. The van der Waals surface area contributed by atoms with Crippen LogP contribution in [0.25, 0.3) is 0 Å². The van der Waals surface area contributed by atoms with E-state index in [4.69, 9.17) is 0 Å². The van der Waals surface area contributed by atoms with Crippen LogP contribution in [0.5, 0.6) is 0 Å². The van der Waals surface area contributed by atoms with E-state index in [1.807, 2.05) is 26.8 Å². The van der Waals surface area contributed by atoms with Gasteiger partial charge in [-0.2, -0.15) is 13.2 Å². The predicted molar refractivity (Wildman–Crippen MR) is 194 cm³/mol. The standard InChI is InChI=1S/C12H18N2O.C10H12F3N.C8H16N2O.C8H15NO/c1-12(2,3)9-6-7-10(13-8-9)11(15)14(4)5;1-9(2,3)7-4-5-8(14-6-7)10(11,12)13;1-8(2,3)10-5-4-9-7(11)6-10;1-8(2,3)6-4-7(10)9-5-6/h6-8H,1-5H3;4-6H,1-3H3;4-6H2,1-3H3,(H,9,11);6H,4-5H2,1-3H3,(H,9,10). The second kappa shape index (κ2) is 17.6. The molecule has 0 aliphatic carbocycles. The van der Waals surface area contributed by atoms with Crippen LogP contribution >= 0.6 is 0 Å². The molecule has 0 radical (unpaired) electrons. The molecule has 282 valence electrons. The molecule has 0 saturated carbocycles. The Morgan fingerprint density at radius 2 is 1.30 bits per heavy atom. The number of carbonyl (C=O) groups is 3. The summed E-state index contributed by atoms with van der Waals surface area (Å²) in [7, 11) is 3.45. The molecule has 50 heavy (non-hydrogen) atoms. The number of hydrogen-bond acceptors (Lipinski definition) is 6. The molecular formula is C38H61F3N6O3. The van der Waals surface area contributed by atoms with Gasteiger partial charge in [-0.3, -0.25) is 29.3 Å². The van der Waals surface area contributed by atoms with Crippen LogP contribution in [0.15, 0.2) is 36.7 Å². The van der Waals surface area contributed by atoms with Gasteiger partial charge in [-0.15, -0.1) is 0 Å². The summed E-state index contributed by atoms with van der Waals surface area (Å²) in [5, 5.41) is 5.64. The number of halogens is 3. The van der Waals surface area contributed by atoms with E-state index < -0.39 is 11.9 Å². The summed E-state index contributed by atoms with van der Waals surface area (Å²) in [6.07, 6.45) is -0.584. The molecule has 2 N–H and O–H groups in total. The van der Waals surface area contributed by atoms with E-state index >= 15 is 0 Å². The maximum atomic E-state index is 12.2. The second-order valence-electron chi connectivity index (χ2n) is 17.1. The summed E-state index contributed by atoms with van der Waals surface area (Å²) < 4.78 is 36.5. The van der Waals surface area contributed by atoms with E-state index in [1.165, 1.54) is 17.2 Å². The highest BCUT2D eigenvalue weighted by molar-refractivity contribution is 5.91. The zero-order valence-corrected chi connectivity index (χ0v) is 32.7. The van der Waals surface area contributed by atoms with Crippen LogP contribution in [0.3, 0.4) is 0 Å². The van der Waals surface area contributed by atoms with Crippen molar-refractivity contribution >= 4 is 17.7 Å². The normalized spacial score (nSPS) is 17.1. The van der Waals surface area contributed by atoms with Gasteiger partial charge in [0.25, 0.3) is 5.91 Å². The van der Waals surface area contributed by atoms with Crippen molar-refractivity contribution in [3.63, 3.8) is 0 Å². The molecule has 0 spiro atoms. The topological polar surface area (TPSA) is 108 Å². The Kier molecular flexibility index (Phi) is 15.7. The summed E-state index contributed by atoms with van der Waals surface area (Å²) >= 11 is 0. The van der Waals surface area contributed by atoms with Crippen molar-refractivity contribution in [2.75, 3.05) is 40.3 Å².